The molecule has 2 fully saturated rings. The summed E-state index contributed by atoms with van der Waals surface area (Å²) in [6, 6.07) is 11.1. The van der Waals surface area contributed by atoms with Gasteiger partial charge in [-0.05, 0) is 67.7 Å². The summed E-state index contributed by atoms with van der Waals surface area (Å²) in [5.74, 6) is 1.55. The molecule has 0 saturated heterocycles. The number of hydrogen-bond donors (Lipinski definition) is 3. The molecular formula is C20H24O3. The van der Waals surface area contributed by atoms with Crippen molar-refractivity contribution in [3.8, 4) is 22.6 Å². The number of rotatable bonds is 1. The Morgan fingerprint density at radius 3 is 2.17 bits per heavy atom. The van der Waals surface area contributed by atoms with Crippen LogP contribution in [0, 0.1) is 25.7 Å². The van der Waals surface area contributed by atoms with Gasteiger partial charge in [0.25, 0.3) is 0 Å². The van der Waals surface area contributed by atoms with Gasteiger partial charge in [0.05, 0.1) is 6.10 Å². The van der Waals surface area contributed by atoms with Gasteiger partial charge in [0, 0.05) is 5.56 Å². The van der Waals surface area contributed by atoms with Gasteiger partial charge < -0.3 is 15.3 Å². The first-order valence-corrected chi connectivity index (χ1v) is 8.24. The number of aliphatic hydroxyl groups excluding tert-OH is 1. The van der Waals surface area contributed by atoms with Crippen LogP contribution in [0.2, 0.25) is 0 Å². The molecule has 2 aromatic rings. The molecule has 23 heavy (non-hydrogen) atoms. The molecule has 0 aliphatic heterocycles. The quantitative estimate of drug-likeness (QED) is 0.693. The van der Waals surface area contributed by atoms with Crippen LogP contribution in [0.25, 0.3) is 11.1 Å². The number of phenols is 2. The Hall–Kier alpha value is -2.00. The molecule has 2 aliphatic carbocycles. The second-order valence-electron chi connectivity index (χ2n) is 6.74. The summed E-state index contributed by atoms with van der Waals surface area (Å²) >= 11 is 0. The SMILES string of the molecule is Cc1ccccc1-c1c(C)ccc(O)c1O.OC1CCC2CC12. The zero-order valence-electron chi connectivity index (χ0n) is 13.7. The maximum atomic E-state index is 9.91. The van der Waals surface area contributed by atoms with Crippen molar-refractivity contribution in [2.75, 3.05) is 0 Å². The minimum Gasteiger partial charge on any atom is -0.504 e. The van der Waals surface area contributed by atoms with E-state index in [0.29, 0.717) is 5.56 Å². The van der Waals surface area contributed by atoms with Crippen molar-refractivity contribution >= 4 is 0 Å². The molecule has 3 nitrogen and oxygen atoms in total. The fraction of sp³-hybridized carbons (Fsp3) is 0.400. The molecule has 2 aliphatic rings. The molecule has 0 aromatic heterocycles. The van der Waals surface area contributed by atoms with Gasteiger partial charge in [-0.25, -0.2) is 0 Å². The van der Waals surface area contributed by atoms with Crippen LogP contribution in [0.1, 0.15) is 30.4 Å². The van der Waals surface area contributed by atoms with Crippen molar-refractivity contribution in [1.82, 2.24) is 0 Å². The summed E-state index contributed by atoms with van der Waals surface area (Å²) in [5, 5.41) is 28.5. The third-order valence-corrected chi connectivity index (χ3v) is 5.08. The highest BCUT2D eigenvalue weighted by Gasteiger charge is 2.47. The van der Waals surface area contributed by atoms with Crippen LogP contribution in [-0.2, 0) is 0 Å². The zero-order chi connectivity index (χ0) is 16.6. The fourth-order valence-corrected chi connectivity index (χ4v) is 3.55. The number of benzene rings is 2. The van der Waals surface area contributed by atoms with Crippen molar-refractivity contribution in [2.24, 2.45) is 11.8 Å². The van der Waals surface area contributed by atoms with E-state index < -0.39 is 0 Å². The molecule has 3 unspecified atom stereocenters. The predicted molar refractivity (Wildman–Crippen MR) is 91.5 cm³/mol. The molecule has 3 atom stereocenters. The van der Waals surface area contributed by atoms with E-state index in [1.165, 1.54) is 18.9 Å². The van der Waals surface area contributed by atoms with E-state index in [2.05, 4.69) is 0 Å². The number of aliphatic hydroxyl groups is 1. The largest absolute Gasteiger partial charge is 0.504 e. The monoisotopic (exact) mass is 312 g/mol. The Balaban J connectivity index is 0.000000183. The van der Waals surface area contributed by atoms with Crippen LogP contribution in [0.4, 0.5) is 0 Å². The molecule has 3 heteroatoms. The van der Waals surface area contributed by atoms with Crippen molar-refractivity contribution in [3.05, 3.63) is 47.5 Å². The van der Waals surface area contributed by atoms with Crippen LogP contribution < -0.4 is 0 Å². The van der Waals surface area contributed by atoms with Crippen LogP contribution in [0.15, 0.2) is 36.4 Å². The predicted octanol–water partition coefficient (Wildman–Crippen LogP) is 4.16. The normalized spacial score (nSPS) is 24.6. The smallest absolute Gasteiger partial charge is 0.165 e. The molecule has 122 valence electrons. The van der Waals surface area contributed by atoms with E-state index in [9.17, 15) is 10.2 Å². The van der Waals surface area contributed by atoms with Gasteiger partial charge in [-0.2, -0.15) is 0 Å². The average molecular weight is 312 g/mol. The fourth-order valence-electron chi connectivity index (χ4n) is 3.55. The molecule has 2 saturated carbocycles. The number of phenolic OH excluding ortho intramolecular Hbond substituents is 2. The number of aromatic hydroxyl groups is 2. The summed E-state index contributed by atoms with van der Waals surface area (Å²) in [7, 11) is 0. The number of aryl methyl sites for hydroxylation is 2. The minimum atomic E-state index is -0.0798. The van der Waals surface area contributed by atoms with Gasteiger partial charge in [-0.15, -0.1) is 0 Å². The first-order chi connectivity index (χ1) is 11.0. The summed E-state index contributed by atoms with van der Waals surface area (Å²) in [4.78, 5) is 0. The Morgan fingerprint density at radius 2 is 1.65 bits per heavy atom. The van der Waals surface area contributed by atoms with Gasteiger partial charge >= 0.3 is 0 Å². The van der Waals surface area contributed by atoms with Crippen LogP contribution in [-0.4, -0.2) is 21.4 Å². The van der Waals surface area contributed by atoms with E-state index in [-0.39, 0.29) is 17.6 Å². The second-order valence-corrected chi connectivity index (χ2v) is 6.74. The standard InChI is InChI=1S/C14H14O2.C6H10O/c1-9-5-3-4-6-11(9)13-10(2)7-8-12(15)14(13)16;7-6-2-1-4-3-5(4)6/h3-8,15-16H,1-2H3;4-7H,1-3H2. The van der Waals surface area contributed by atoms with Gasteiger partial charge in [0.2, 0.25) is 0 Å². The summed E-state index contributed by atoms with van der Waals surface area (Å²) in [5.41, 5.74) is 3.68. The van der Waals surface area contributed by atoms with E-state index in [0.717, 1.165) is 34.9 Å². The number of fused-ring (bicyclic) bond motifs is 1. The van der Waals surface area contributed by atoms with E-state index >= 15 is 0 Å². The van der Waals surface area contributed by atoms with Gasteiger partial charge in [-0.3, -0.25) is 0 Å². The maximum absolute atomic E-state index is 9.91. The summed E-state index contributed by atoms with van der Waals surface area (Å²) in [6.45, 7) is 3.90. The lowest BCUT2D eigenvalue weighted by Gasteiger charge is -2.12. The van der Waals surface area contributed by atoms with Crippen molar-refractivity contribution in [3.63, 3.8) is 0 Å². The van der Waals surface area contributed by atoms with Crippen LogP contribution in [0.3, 0.4) is 0 Å². The Bertz CT molecular complexity index is 708. The average Bonchev–Trinajstić information content (AvgIpc) is 3.24. The molecule has 0 spiro atoms. The van der Waals surface area contributed by atoms with Gasteiger partial charge in [0.1, 0.15) is 0 Å². The molecule has 2 aromatic carbocycles. The molecule has 3 N–H and O–H groups in total. The van der Waals surface area contributed by atoms with E-state index in [4.69, 9.17) is 5.11 Å². The lowest BCUT2D eigenvalue weighted by Crippen LogP contribution is -2.02. The summed E-state index contributed by atoms with van der Waals surface area (Å²) < 4.78 is 0. The van der Waals surface area contributed by atoms with E-state index in [1.54, 1.807) is 6.07 Å². The first kappa shape index (κ1) is 15.9. The Kier molecular flexibility index (Phi) is 4.31. The van der Waals surface area contributed by atoms with Crippen molar-refractivity contribution in [1.29, 1.82) is 0 Å². The lowest BCUT2D eigenvalue weighted by atomic mass is 9.95. The lowest BCUT2D eigenvalue weighted by molar-refractivity contribution is 0.159. The van der Waals surface area contributed by atoms with Crippen molar-refractivity contribution in [2.45, 2.75) is 39.2 Å². The van der Waals surface area contributed by atoms with Gasteiger partial charge in [0.15, 0.2) is 11.5 Å². The summed E-state index contributed by atoms with van der Waals surface area (Å²) in [6.07, 6.45) is 3.78. The molecular weight excluding hydrogens is 288 g/mol. The topological polar surface area (TPSA) is 60.7 Å². The third kappa shape index (κ3) is 3.20. The van der Waals surface area contributed by atoms with Crippen LogP contribution >= 0.6 is 0 Å². The molecule has 0 bridgehead atoms. The van der Waals surface area contributed by atoms with Crippen molar-refractivity contribution < 1.29 is 15.3 Å². The highest BCUT2D eigenvalue weighted by atomic mass is 16.3. The van der Waals surface area contributed by atoms with Gasteiger partial charge in [-0.1, -0.05) is 30.3 Å². The molecule has 0 amide bonds. The van der Waals surface area contributed by atoms with Crippen LogP contribution in [0.5, 0.6) is 11.5 Å². The highest BCUT2D eigenvalue weighted by molar-refractivity contribution is 5.78. The highest BCUT2D eigenvalue weighted by Crippen LogP contribution is 2.51. The molecule has 4 rings (SSSR count). The maximum Gasteiger partial charge on any atom is 0.165 e. The second kappa shape index (κ2) is 6.25. The zero-order valence-corrected chi connectivity index (χ0v) is 13.7. The Morgan fingerprint density at radius 1 is 0.913 bits per heavy atom. The minimum absolute atomic E-state index is 0.0469. The molecule has 0 heterocycles. The number of hydrogen-bond acceptors (Lipinski definition) is 3. The third-order valence-electron chi connectivity index (χ3n) is 5.08. The Labute approximate surface area is 137 Å². The molecule has 0 radical (unpaired) electrons. The van der Waals surface area contributed by atoms with E-state index in [1.807, 2.05) is 38.1 Å². The first-order valence-electron chi connectivity index (χ1n) is 8.24.